The standard InChI is InChI=1S/C25H22F5N5O4/c1-4-18(36)34-8-7-12(11-34)35-22-14(23(37)25(28,29)30)10-32-24(31)19(22)15(33-35)6-5-13-20(26)16(38-2)9-17(39-3)21(13)27/h4,9-10,12,23,37H,1,7-8,11H2,2-3H3,(H2,31,32)/t12-,23-/m0/s1. The van der Waals surface area contributed by atoms with Gasteiger partial charge in [-0.25, -0.2) is 13.8 Å². The van der Waals surface area contributed by atoms with E-state index in [-0.39, 0.29) is 52.9 Å². The Morgan fingerprint density at radius 1 is 1.26 bits per heavy atom. The van der Waals surface area contributed by atoms with Crippen molar-refractivity contribution in [1.29, 1.82) is 0 Å². The molecule has 0 unspecified atom stereocenters. The van der Waals surface area contributed by atoms with Crippen LogP contribution in [0, 0.1) is 23.5 Å². The maximum atomic E-state index is 14.9. The van der Waals surface area contributed by atoms with Gasteiger partial charge < -0.3 is 25.2 Å². The van der Waals surface area contributed by atoms with Gasteiger partial charge in [-0.05, 0) is 18.4 Å². The first-order valence-electron chi connectivity index (χ1n) is 11.4. The van der Waals surface area contributed by atoms with Crippen molar-refractivity contribution in [3.63, 3.8) is 0 Å². The van der Waals surface area contributed by atoms with Gasteiger partial charge in [0, 0.05) is 30.9 Å². The number of hydrogen-bond acceptors (Lipinski definition) is 7. The molecule has 1 amide bonds. The van der Waals surface area contributed by atoms with Crippen LogP contribution in [0.15, 0.2) is 24.9 Å². The number of aliphatic hydroxyl groups is 1. The Balaban J connectivity index is 1.96. The average molecular weight is 551 g/mol. The number of methoxy groups -OCH3 is 2. The summed E-state index contributed by atoms with van der Waals surface area (Å²) in [6.45, 7) is 3.75. The Bertz CT molecular complexity index is 1500. The summed E-state index contributed by atoms with van der Waals surface area (Å²) >= 11 is 0. The molecule has 1 aliphatic heterocycles. The first-order chi connectivity index (χ1) is 18.4. The van der Waals surface area contributed by atoms with Crippen molar-refractivity contribution in [3.8, 4) is 23.3 Å². The number of aliphatic hydroxyl groups excluding tert-OH is 1. The van der Waals surface area contributed by atoms with Crippen LogP contribution in [0.2, 0.25) is 0 Å². The van der Waals surface area contributed by atoms with Crippen LogP contribution in [0.1, 0.15) is 35.4 Å². The smallest absolute Gasteiger partial charge is 0.418 e. The van der Waals surface area contributed by atoms with Gasteiger partial charge in [0.2, 0.25) is 5.91 Å². The fourth-order valence-electron chi connectivity index (χ4n) is 4.33. The molecule has 4 rings (SSSR count). The van der Waals surface area contributed by atoms with Gasteiger partial charge in [0.1, 0.15) is 17.1 Å². The van der Waals surface area contributed by atoms with Crippen molar-refractivity contribution in [2.24, 2.45) is 0 Å². The zero-order valence-electron chi connectivity index (χ0n) is 20.6. The van der Waals surface area contributed by atoms with Crippen LogP contribution >= 0.6 is 0 Å². The molecule has 3 aromatic rings. The number of likely N-dealkylation sites (tertiary alicyclic amines) is 1. The molecule has 9 nitrogen and oxygen atoms in total. The van der Waals surface area contributed by atoms with Gasteiger partial charge >= 0.3 is 6.18 Å². The highest BCUT2D eigenvalue weighted by molar-refractivity contribution is 5.95. The molecule has 3 heterocycles. The number of benzene rings is 1. The number of halogens is 5. The maximum Gasteiger partial charge on any atom is 0.418 e. The summed E-state index contributed by atoms with van der Waals surface area (Å²) in [5.74, 6) is 1.12. The van der Waals surface area contributed by atoms with Gasteiger partial charge in [-0.3, -0.25) is 9.48 Å². The van der Waals surface area contributed by atoms with Crippen molar-refractivity contribution in [3.05, 3.63) is 53.4 Å². The summed E-state index contributed by atoms with van der Waals surface area (Å²) in [5.41, 5.74) is 4.14. The number of nitrogens with two attached hydrogens (primary N) is 1. The summed E-state index contributed by atoms with van der Waals surface area (Å²) in [7, 11) is 2.31. The molecule has 2 atom stereocenters. The van der Waals surface area contributed by atoms with Crippen molar-refractivity contribution in [2.75, 3.05) is 33.0 Å². The highest BCUT2D eigenvalue weighted by Gasteiger charge is 2.42. The number of anilines is 1. The molecule has 1 fully saturated rings. The Hall–Kier alpha value is -4.38. The van der Waals surface area contributed by atoms with Crippen LogP contribution in [0.4, 0.5) is 27.8 Å². The lowest BCUT2D eigenvalue weighted by Gasteiger charge is -2.19. The zero-order chi connectivity index (χ0) is 28.6. The monoisotopic (exact) mass is 551 g/mol. The number of nitrogen functional groups attached to an aromatic ring is 1. The number of pyridine rings is 1. The number of amides is 1. The number of rotatable bonds is 5. The molecule has 0 bridgehead atoms. The van der Waals surface area contributed by atoms with Crippen LogP contribution in [0.5, 0.6) is 11.5 Å². The minimum atomic E-state index is -5.06. The molecule has 1 aromatic carbocycles. The van der Waals surface area contributed by atoms with E-state index in [0.717, 1.165) is 32.6 Å². The number of ether oxygens (including phenoxy) is 2. The Labute approximate surface area is 218 Å². The number of carbonyl (C=O) groups excluding carboxylic acids is 1. The quantitative estimate of drug-likeness (QED) is 0.284. The molecular formula is C25H22F5N5O4. The predicted octanol–water partition coefficient (Wildman–Crippen LogP) is 3.26. The zero-order valence-corrected chi connectivity index (χ0v) is 20.6. The lowest BCUT2D eigenvalue weighted by molar-refractivity contribution is -0.206. The number of carbonyl (C=O) groups is 1. The predicted molar refractivity (Wildman–Crippen MR) is 129 cm³/mol. The Morgan fingerprint density at radius 2 is 1.90 bits per heavy atom. The first-order valence-corrected chi connectivity index (χ1v) is 11.4. The van der Waals surface area contributed by atoms with Gasteiger partial charge in [0.25, 0.3) is 0 Å². The van der Waals surface area contributed by atoms with E-state index in [9.17, 15) is 31.9 Å². The third-order valence-corrected chi connectivity index (χ3v) is 6.26. The molecule has 206 valence electrons. The molecule has 3 N–H and O–H groups in total. The lowest BCUT2D eigenvalue weighted by atomic mass is 10.1. The van der Waals surface area contributed by atoms with Gasteiger partial charge in [-0.15, -0.1) is 0 Å². The van der Waals surface area contributed by atoms with E-state index in [2.05, 4.69) is 28.5 Å². The average Bonchev–Trinajstić information content (AvgIpc) is 3.54. The lowest BCUT2D eigenvalue weighted by Crippen LogP contribution is -2.27. The van der Waals surface area contributed by atoms with E-state index < -0.39 is 41.1 Å². The fourth-order valence-corrected chi connectivity index (χ4v) is 4.33. The van der Waals surface area contributed by atoms with Gasteiger partial charge in [0.05, 0.1) is 31.2 Å². The molecule has 0 saturated carbocycles. The largest absolute Gasteiger partial charge is 0.493 e. The molecule has 0 radical (unpaired) electrons. The number of nitrogens with zero attached hydrogens (tertiary/aromatic N) is 4. The second-order valence-corrected chi connectivity index (χ2v) is 8.52. The Morgan fingerprint density at radius 3 is 2.46 bits per heavy atom. The highest BCUT2D eigenvalue weighted by atomic mass is 19.4. The van der Waals surface area contributed by atoms with Crippen molar-refractivity contribution in [1.82, 2.24) is 19.7 Å². The summed E-state index contributed by atoms with van der Waals surface area (Å²) < 4.78 is 81.4. The second kappa shape index (κ2) is 10.4. The van der Waals surface area contributed by atoms with Crippen LogP contribution in [-0.4, -0.2) is 64.2 Å². The number of fused-ring (bicyclic) bond motifs is 1. The molecule has 14 heteroatoms. The van der Waals surface area contributed by atoms with E-state index in [1.54, 1.807) is 0 Å². The maximum absolute atomic E-state index is 14.9. The third-order valence-electron chi connectivity index (χ3n) is 6.26. The molecule has 39 heavy (non-hydrogen) atoms. The number of aromatic nitrogens is 3. The SMILES string of the molecule is C=CC(=O)N1CC[C@H](n2nc(C#Cc3c(F)c(OC)cc(OC)c3F)c3c(N)ncc([C@H](O)C(F)(F)F)c32)C1. The molecule has 1 saturated heterocycles. The van der Waals surface area contributed by atoms with Crippen molar-refractivity contribution >= 4 is 22.6 Å². The fraction of sp³-hybridized carbons (Fsp3) is 0.320. The van der Waals surface area contributed by atoms with Crippen molar-refractivity contribution < 1.29 is 41.3 Å². The third kappa shape index (κ3) is 4.92. The van der Waals surface area contributed by atoms with Gasteiger partial charge in [0.15, 0.2) is 29.2 Å². The summed E-state index contributed by atoms with van der Waals surface area (Å²) in [6, 6.07) is 0.349. The van der Waals surface area contributed by atoms with E-state index >= 15 is 0 Å². The molecule has 0 spiro atoms. The highest BCUT2D eigenvalue weighted by Crippen LogP contribution is 2.39. The normalized spacial score (nSPS) is 16.1. The van der Waals surface area contributed by atoms with E-state index in [4.69, 9.17) is 15.2 Å². The van der Waals surface area contributed by atoms with E-state index in [1.165, 1.54) is 9.58 Å². The minimum Gasteiger partial charge on any atom is -0.493 e. The van der Waals surface area contributed by atoms with Crippen LogP contribution in [0.3, 0.4) is 0 Å². The van der Waals surface area contributed by atoms with Gasteiger partial charge in [-0.2, -0.15) is 18.3 Å². The summed E-state index contributed by atoms with van der Waals surface area (Å²) in [6.07, 6.45) is -5.83. The summed E-state index contributed by atoms with van der Waals surface area (Å²) in [4.78, 5) is 17.3. The minimum absolute atomic E-state index is 0.0641. The molecular weight excluding hydrogens is 529 g/mol. The number of hydrogen-bond donors (Lipinski definition) is 2. The van der Waals surface area contributed by atoms with Gasteiger partial charge in [-0.1, -0.05) is 12.5 Å². The molecule has 2 aromatic heterocycles. The second-order valence-electron chi connectivity index (χ2n) is 8.52. The Kier molecular flexibility index (Phi) is 7.38. The van der Waals surface area contributed by atoms with Crippen LogP contribution in [-0.2, 0) is 4.79 Å². The van der Waals surface area contributed by atoms with Crippen molar-refractivity contribution in [2.45, 2.75) is 24.7 Å². The van der Waals surface area contributed by atoms with Crippen LogP contribution in [0.25, 0.3) is 10.9 Å². The number of alkyl halides is 3. The summed E-state index contributed by atoms with van der Waals surface area (Å²) in [5, 5.41) is 14.3. The van der Waals surface area contributed by atoms with E-state index in [1.807, 2.05) is 0 Å². The molecule has 1 aliphatic rings. The molecule has 0 aliphatic carbocycles. The van der Waals surface area contributed by atoms with E-state index in [0.29, 0.717) is 6.42 Å². The van der Waals surface area contributed by atoms with Crippen LogP contribution < -0.4 is 15.2 Å². The topological polar surface area (TPSA) is 116 Å². The first kappa shape index (κ1) is 27.6.